The molecule has 25 heavy (non-hydrogen) atoms. The molecule has 7 heteroatoms. The largest absolute Gasteiger partial charge is 0.358 e. The summed E-state index contributed by atoms with van der Waals surface area (Å²) in [6, 6.07) is 7.53. The zero-order valence-electron chi connectivity index (χ0n) is 13.3. The molecule has 0 radical (unpaired) electrons. The third-order valence-corrected chi connectivity index (χ3v) is 5.92. The third-order valence-electron chi connectivity index (χ3n) is 4.56. The van der Waals surface area contributed by atoms with Gasteiger partial charge in [-0.05, 0) is 61.6 Å². The fourth-order valence-electron chi connectivity index (χ4n) is 3.33. The summed E-state index contributed by atoms with van der Waals surface area (Å²) in [5.74, 6) is -1.72. The lowest BCUT2D eigenvalue weighted by molar-refractivity contribution is 0.583. The van der Waals surface area contributed by atoms with Crippen LogP contribution in [0.3, 0.4) is 0 Å². The lowest BCUT2D eigenvalue weighted by Gasteiger charge is -2.11. The molecule has 3 aromatic rings. The minimum atomic E-state index is -3.97. The summed E-state index contributed by atoms with van der Waals surface area (Å²) in [6.45, 7) is 0. The van der Waals surface area contributed by atoms with Crippen LogP contribution in [0.25, 0.3) is 10.9 Å². The first-order valence-corrected chi connectivity index (χ1v) is 9.54. The molecule has 0 unspecified atom stereocenters. The number of fused-ring (bicyclic) bond motifs is 3. The molecule has 0 atom stereocenters. The van der Waals surface area contributed by atoms with Crippen molar-refractivity contribution in [2.45, 2.75) is 30.6 Å². The minimum absolute atomic E-state index is 0.0519. The molecule has 130 valence electrons. The van der Waals surface area contributed by atoms with E-state index in [0.717, 1.165) is 60.0 Å². The van der Waals surface area contributed by atoms with Crippen LogP contribution in [0.5, 0.6) is 0 Å². The number of benzene rings is 2. The van der Waals surface area contributed by atoms with E-state index in [1.54, 1.807) is 12.1 Å². The summed E-state index contributed by atoms with van der Waals surface area (Å²) in [5, 5.41) is 0.886. The molecule has 1 aliphatic rings. The molecule has 0 aliphatic heterocycles. The second-order valence-corrected chi connectivity index (χ2v) is 7.91. The quantitative estimate of drug-likeness (QED) is 0.736. The van der Waals surface area contributed by atoms with Gasteiger partial charge in [0, 0.05) is 22.7 Å². The fourth-order valence-corrected chi connectivity index (χ4v) is 4.42. The SMILES string of the molecule is O=S(=O)(Nc1ccc(F)cc1F)c1ccc2[nH]c3c(c2c1)CCCC3. The number of sulfonamides is 1. The molecule has 4 nitrogen and oxygen atoms in total. The van der Waals surface area contributed by atoms with E-state index in [-0.39, 0.29) is 10.6 Å². The molecular weight excluding hydrogens is 346 g/mol. The lowest BCUT2D eigenvalue weighted by Crippen LogP contribution is -2.14. The predicted octanol–water partition coefficient (Wildman–Crippen LogP) is 4.13. The molecule has 2 aromatic carbocycles. The van der Waals surface area contributed by atoms with Gasteiger partial charge in [0.25, 0.3) is 10.0 Å². The van der Waals surface area contributed by atoms with Crippen LogP contribution in [0, 0.1) is 11.6 Å². The standard InChI is InChI=1S/C18H16F2N2O2S/c19-11-5-7-18(15(20)9-11)22-25(23,24)12-6-8-17-14(10-12)13-3-1-2-4-16(13)21-17/h5-10,21-22H,1-4H2. The summed E-state index contributed by atoms with van der Waals surface area (Å²) in [4.78, 5) is 3.39. The van der Waals surface area contributed by atoms with Crippen molar-refractivity contribution in [2.24, 2.45) is 0 Å². The van der Waals surface area contributed by atoms with Crippen LogP contribution in [-0.2, 0) is 22.9 Å². The Kier molecular flexibility index (Phi) is 3.76. The van der Waals surface area contributed by atoms with E-state index >= 15 is 0 Å². The van der Waals surface area contributed by atoms with Crippen molar-refractivity contribution in [3.05, 3.63) is 59.3 Å². The Morgan fingerprint density at radius 2 is 1.80 bits per heavy atom. The molecule has 0 fully saturated rings. The van der Waals surface area contributed by atoms with Gasteiger partial charge in [-0.1, -0.05) is 0 Å². The summed E-state index contributed by atoms with van der Waals surface area (Å²) in [6.07, 6.45) is 4.08. The number of halogens is 2. The van der Waals surface area contributed by atoms with Gasteiger partial charge in [0.05, 0.1) is 10.6 Å². The molecule has 1 heterocycles. The van der Waals surface area contributed by atoms with Crippen molar-refractivity contribution in [1.82, 2.24) is 4.98 Å². The summed E-state index contributed by atoms with van der Waals surface area (Å²) in [5.41, 5.74) is 2.94. The van der Waals surface area contributed by atoms with Crippen molar-refractivity contribution < 1.29 is 17.2 Å². The van der Waals surface area contributed by atoms with Gasteiger partial charge >= 0.3 is 0 Å². The average molecular weight is 362 g/mol. The Morgan fingerprint density at radius 3 is 2.60 bits per heavy atom. The third kappa shape index (κ3) is 2.89. The lowest BCUT2D eigenvalue weighted by atomic mass is 9.96. The highest BCUT2D eigenvalue weighted by Crippen LogP contribution is 2.31. The number of H-pyrrole nitrogens is 1. The predicted molar refractivity (Wildman–Crippen MR) is 92.1 cm³/mol. The molecule has 4 rings (SSSR count). The molecule has 2 N–H and O–H groups in total. The van der Waals surface area contributed by atoms with E-state index in [4.69, 9.17) is 0 Å². The molecule has 0 amide bonds. The first-order valence-electron chi connectivity index (χ1n) is 8.05. The van der Waals surface area contributed by atoms with Crippen LogP contribution in [0.4, 0.5) is 14.5 Å². The topological polar surface area (TPSA) is 62.0 Å². The zero-order valence-corrected chi connectivity index (χ0v) is 14.1. The summed E-state index contributed by atoms with van der Waals surface area (Å²) in [7, 11) is -3.97. The Balaban J connectivity index is 1.74. The van der Waals surface area contributed by atoms with E-state index in [9.17, 15) is 17.2 Å². The van der Waals surface area contributed by atoms with Gasteiger partial charge < -0.3 is 4.98 Å². The van der Waals surface area contributed by atoms with E-state index in [0.29, 0.717) is 6.07 Å². The maximum Gasteiger partial charge on any atom is 0.262 e. The van der Waals surface area contributed by atoms with Gasteiger partial charge in [0.2, 0.25) is 0 Å². The smallest absolute Gasteiger partial charge is 0.262 e. The number of aromatic nitrogens is 1. The van der Waals surface area contributed by atoms with Crippen LogP contribution >= 0.6 is 0 Å². The van der Waals surface area contributed by atoms with Crippen molar-refractivity contribution in [1.29, 1.82) is 0 Å². The van der Waals surface area contributed by atoms with E-state index in [1.807, 2.05) is 0 Å². The van der Waals surface area contributed by atoms with Gasteiger partial charge in [0.15, 0.2) is 0 Å². The first-order chi connectivity index (χ1) is 11.9. The van der Waals surface area contributed by atoms with Crippen LogP contribution in [0.2, 0.25) is 0 Å². The number of hydrogen-bond donors (Lipinski definition) is 2. The van der Waals surface area contributed by atoms with E-state index < -0.39 is 21.7 Å². The number of nitrogens with one attached hydrogen (secondary N) is 2. The first kappa shape index (κ1) is 16.1. The normalized spacial score (nSPS) is 14.5. The molecule has 0 saturated heterocycles. The highest BCUT2D eigenvalue weighted by Gasteiger charge is 2.20. The van der Waals surface area contributed by atoms with Gasteiger partial charge in [-0.25, -0.2) is 17.2 Å². The molecule has 0 bridgehead atoms. The molecule has 1 aliphatic carbocycles. The van der Waals surface area contributed by atoms with Gasteiger partial charge in [-0.15, -0.1) is 0 Å². The van der Waals surface area contributed by atoms with Crippen LogP contribution < -0.4 is 4.72 Å². The second kappa shape index (κ2) is 5.84. The summed E-state index contributed by atoms with van der Waals surface area (Å²) >= 11 is 0. The van der Waals surface area contributed by atoms with Crippen molar-refractivity contribution in [2.75, 3.05) is 4.72 Å². The van der Waals surface area contributed by atoms with Crippen molar-refractivity contribution in [3.63, 3.8) is 0 Å². The highest BCUT2D eigenvalue weighted by atomic mass is 32.2. The van der Waals surface area contributed by atoms with Crippen LogP contribution in [0.1, 0.15) is 24.1 Å². The number of anilines is 1. The van der Waals surface area contributed by atoms with E-state index in [1.165, 1.54) is 6.07 Å². The van der Waals surface area contributed by atoms with Gasteiger partial charge in [0.1, 0.15) is 11.6 Å². The molecule has 0 spiro atoms. The highest BCUT2D eigenvalue weighted by molar-refractivity contribution is 7.92. The number of rotatable bonds is 3. The van der Waals surface area contributed by atoms with Gasteiger partial charge in [-0.2, -0.15) is 0 Å². The van der Waals surface area contributed by atoms with Crippen LogP contribution in [0.15, 0.2) is 41.3 Å². The molecule has 1 aromatic heterocycles. The average Bonchev–Trinajstić information content (AvgIpc) is 2.95. The Labute approximate surface area is 143 Å². The maximum absolute atomic E-state index is 13.8. The Morgan fingerprint density at radius 1 is 1.00 bits per heavy atom. The Bertz CT molecular complexity index is 1070. The number of aryl methyl sites for hydroxylation is 2. The minimum Gasteiger partial charge on any atom is -0.358 e. The zero-order chi connectivity index (χ0) is 17.6. The van der Waals surface area contributed by atoms with Crippen molar-refractivity contribution in [3.8, 4) is 0 Å². The maximum atomic E-state index is 13.8. The number of aromatic amines is 1. The van der Waals surface area contributed by atoms with Crippen molar-refractivity contribution >= 4 is 26.6 Å². The number of hydrogen-bond acceptors (Lipinski definition) is 2. The van der Waals surface area contributed by atoms with Crippen LogP contribution in [-0.4, -0.2) is 13.4 Å². The molecular formula is C18H16F2N2O2S. The monoisotopic (exact) mass is 362 g/mol. The Hall–Kier alpha value is -2.41. The fraction of sp³-hybridized carbons (Fsp3) is 0.222. The second-order valence-electron chi connectivity index (χ2n) is 6.23. The summed E-state index contributed by atoms with van der Waals surface area (Å²) < 4.78 is 54.1. The van der Waals surface area contributed by atoms with E-state index in [2.05, 4.69) is 9.71 Å². The van der Waals surface area contributed by atoms with Gasteiger partial charge in [-0.3, -0.25) is 4.72 Å². The molecule has 0 saturated carbocycles.